The highest BCUT2D eigenvalue weighted by Gasteiger charge is 2.38. The summed E-state index contributed by atoms with van der Waals surface area (Å²) in [5, 5.41) is 3.48. The lowest BCUT2D eigenvalue weighted by molar-refractivity contribution is 0.0607. The Bertz CT molecular complexity index is 563. The van der Waals surface area contributed by atoms with Gasteiger partial charge in [0.15, 0.2) is 0 Å². The van der Waals surface area contributed by atoms with Crippen LogP contribution in [0.3, 0.4) is 0 Å². The fraction of sp³-hybridized carbons (Fsp3) is 0.722. The Morgan fingerprint density at radius 2 is 1.87 bits per heavy atom. The van der Waals surface area contributed by atoms with E-state index in [0.717, 1.165) is 50.3 Å². The van der Waals surface area contributed by atoms with Gasteiger partial charge in [-0.15, -0.1) is 12.4 Å². The van der Waals surface area contributed by atoms with Crippen LogP contribution in [-0.2, 0) is 0 Å². The van der Waals surface area contributed by atoms with Crippen LogP contribution in [-0.4, -0.2) is 41.6 Å². The van der Waals surface area contributed by atoms with Crippen molar-refractivity contribution in [2.24, 2.45) is 5.41 Å². The van der Waals surface area contributed by atoms with Gasteiger partial charge in [0.2, 0.25) is 0 Å². The molecule has 0 aromatic carbocycles. The van der Waals surface area contributed by atoms with Gasteiger partial charge in [0.05, 0.1) is 5.56 Å². The standard InChI is InChI=1S/C18H29N3O.ClH/c1-13(2)21-14(3)11-16(15(21)4)17(22)20-9-6-18(7-10-20)5-8-19-12-18;/h11,13,19H,5-10,12H2,1-4H3;1H. The van der Waals surface area contributed by atoms with E-state index in [1.807, 2.05) is 0 Å². The first kappa shape index (κ1) is 18.3. The number of piperidine rings is 1. The molecule has 0 atom stereocenters. The van der Waals surface area contributed by atoms with Crippen LogP contribution in [0.5, 0.6) is 0 Å². The lowest BCUT2D eigenvalue weighted by Gasteiger charge is -2.38. The first-order valence-corrected chi connectivity index (χ1v) is 8.62. The minimum absolute atomic E-state index is 0. The zero-order valence-electron chi connectivity index (χ0n) is 14.8. The molecule has 0 radical (unpaired) electrons. The topological polar surface area (TPSA) is 37.3 Å². The predicted octanol–water partition coefficient (Wildman–Crippen LogP) is 3.32. The van der Waals surface area contributed by atoms with Gasteiger partial charge in [-0.1, -0.05) is 0 Å². The number of hydrogen-bond acceptors (Lipinski definition) is 2. The lowest BCUT2D eigenvalue weighted by atomic mass is 9.78. The van der Waals surface area contributed by atoms with Gasteiger partial charge in [-0.05, 0) is 65.0 Å². The summed E-state index contributed by atoms with van der Waals surface area (Å²) in [6, 6.07) is 2.47. The smallest absolute Gasteiger partial charge is 0.255 e. The SMILES string of the molecule is Cc1cc(C(=O)N2CCC3(CCNC3)CC2)c(C)n1C(C)C.Cl. The number of carbonyl (C=O) groups is 1. The zero-order valence-corrected chi connectivity index (χ0v) is 15.6. The van der Waals surface area contributed by atoms with Gasteiger partial charge >= 0.3 is 0 Å². The van der Waals surface area contributed by atoms with Crippen LogP contribution in [0.4, 0.5) is 0 Å². The maximum atomic E-state index is 12.9. The van der Waals surface area contributed by atoms with E-state index in [1.54, 1.807) is 0 Å². The van der Waals surface area contributed by atoms with Gasteiger partial charge in [-0.2, -0.15) is 0 Å². The maximum Gasteiger partial charge on any atom is 0.255 e. The highest BCUT2D eigenvalue weighted by atomic mass is 35.5. The molecule has 0 bridgehead atoms. The first-order chi connectivity index (χ1) is 10.4. The number of carbonyl (C=O) groups excluding carboxylic acids is 1. The van der Waals surface area contributed by atoms with Gasteiger partial charge in [0.25, 0.3) is 5.91 Å². The minimum atomic E-state index is 0. The van der Waals surface area contributed by atoms with Gasteiger partial charge in [0.1, 0.15) is 0 Å². The largest absolute Gasteiger partial charge is 0.346 e. The highest BCUT2D eigenvalue weighted by molar-refractivity contribution is 5.95. The Balaban J connectivity index is 0.00000192. The molecule has 5 heteroatoms. The van der Waals surface area contributed by atoms with Crippen molar-refractivity contribution in [3.05, 3.63) is 23.0 Å². The number of hydrogen-bond donors (Lipinski definition) is 1. The van der Waals surface area contributed by atoms with Gasteiger partial charge in [-0.25, -0.2) is 0 Å². The molecule has 1 spiro atoms. The molecule has 1 aromatic heterocycles. The van der Waals surface area contributed by atoms with Gasteiger partial charge in [0, 0.05) is 37.1 Å². The third kappa shape index (κ3) is 3.29. The summed E-state index contributed by atoms with van der Waals surface area (Å²) in [4.78, 5) is 15.0. The summed E-state index contributed by atoms with van der Waals surface area (Å²) in [7, 11) is 0. The number of aryl methyl sites for hydroxylation is 1. The summed E-state index contributed by atoms with van der Waals surface area (Å²) >= 11 is 0. The molecule has 0 saturated carbocycles. The van der Waals surface area contributed by atoms with E-state index in [4.69, 9.17) is 0 Å². The maximum absolute atomic E-state index is 12.9. The second-order valence-corrected chi connectivity index (χ2v) is 7.47. The van der Waals surface area contributed by atoms with Crippen molar-refractivity contribution in [2.45, 2.75) is 53.0 Å². The summed E-state index contributed by atoms with van der Waals surface area (Å²) in [6.07, 6.45) is 3.57. The second-order valence-electron chi connectivity index (χ2n) is 7.47. The van der Waals surface area contributed by atoms with Crippen molar-refractivity contribution in [1.82, 2.24) is 14.8 Å². The van der Waals surface area contributed by atoms with Gasteiger partial charge < -0.3 is 14.8 Å². The van der Waals surface area contributed by atoms with Crippen LogP contribution in [0.25, 0.3) is 0 Å². The summed E-state index contributed by atoms with van der Waals surface area (Å²) in [5.74, 6) is 0.223. The molecule has 1 N–H and O–H groups in total. The van der Waals surface area contributed by atoms with Crippen molar-refractivity contribution in [1.29, 1.82) is 0 Å². The van der Waals surface area contributed by atoms with E-state index in [2.05, 4.69) is 48.5 Å². The summed E-state index contributed by atoms with van der Waals surface area (Å²) < 4.78 is 2.26. The molecule has 2 aliphatic rings. The third-order valence-corrected chi connectivity index (χ3v) is 5.67. The van der Waals surface area contributed by atoms with Crippen molar-refractivity contribution in [3.63, 3.8) is 0 Å². The molecular weight excluding hydrogens is 310 g/mol. The average molecular weight is 340 g/mol. The van der Waals surface area contributed by atoms with Gasteiger partial charge in [-0.3, -0.25) is 4.79 Å². The zero-order chi connectivity index (χ0) is 15.9. The Kier molecular flexibility index (Phi) is 5.47. The number of aromatic nitrogens is 1. The molecule has 23 heavy (non-hydrogen) atoms. The molecule has 1 amide bonds. The van der Waals surface area contributed by atoms with Crippen LogP contribution >= 0.6 is 12.4 Å². The Morgan fingerprint density at radius 3 is 2.35 bits per heavy atom. The second kappa shape index (κ2) is 6.86. The monoisotopic (exact) mass is 339 g/mol. The van der Waals surface area contributed by atoms with E-state index in [1.165, 1.54) is 12.1 Å². The average Bonchev–Trinajstić information content (AvgIpc) is 3.04. The molecule has 3 heterocycles. The first-order valence-electron chi connectivity index (χ1n) is 8.62. The van der Waals surface area contributed by atoms with E-state index < -0.39 is 0 Å². The molecule has 0 unspecified atom stereocenters. The lowest BCUT2D eigenvalue weighted by Crippen LogP contribution is -2.44. The van der Waals surface area contributed by atoms with Crippen LogP contribution in [0.15, 0.2) is 6.07 Å². The molecule has 2 fully saturated rings. The molecule has 4 nitrogen and oxygen atoms in total. The minimum Gasteiger partial charge on any atom is -0.346 e. The van der Waals surface area contributed by atoms with Crippen molar-refractivity contribution >= 4 is 18.3 Å². The normalized spacial score (nSPS) is 20.1. The fourth-order valence-electron chi connectivity index (χ4n) is 4.37. The molecule has 3 rings (SSSR count). The van der Waals surface area contributed by atoms with Crippen molar-refractivity contribution in [3.8, 4) is 0 Å². The van der Waals surface area contributed by atoms with E-state index in [9.17, 15) is 4.79 Å². The fourth-order valence-corrected chi connectivity index (χ4v) is 4.37. The van der Waals surface area contributed by atoms with Crippen molar-refractivity contribution < 1.29 is 4.79 Å². The summed E-state index contributed by atoms with van der Waals surface area (Å²) in [5.41, 5.74) is 3.65. The van der Waals surface area contributed by atoms with E-state index in [-0.39, 0.29) is 18.3 Å². The molecule has 1 aromatic rings. The molecule has 0 aliphatic carbocycles. The highest BCUT2D eigenvalue weighted by Crippen LogP contribution is 2.37. The number of likely N-dealkylation sites (tertiary alicyclic amines) is 1. The third-order valence-electron chi connectivity index (χ3n) is 5.67. The molecule has 2 aliphatic heterocycles. The van der Waals surface area contributed by atoms with E-state index in [0.29, 0.717) is 11.5 Å². The molecule has 130 valence electrons. The molecular formula is C18H30ClN3O. The van der Waals surface area contributed by atoms with Crippen molar-refractivity contribution in [2.75, 3.05) is 26.2 Å². The number of amides is 1. The van der Waals surface area contributed by atoms with E-state index >= 15 is 0 Å². The number of halogens is 1. The molecule has 2 saturated heterocycles. The Hall–Kier alpha value is -1.000. The number of rotatable bonds is 2. The summed E-state index contributed by atoms with van der Waals surface area (Å²) in [6.45, 7) is 12.6. The predicted molar refractivity (Wildman–Crippen MR) is 96.6 cm³/mol. The van der Waals surface area contributed by atoms with Crippen LogP contribution < -0.4 is 5.32 Å². The van der Waals surface area contributed by atoms with Crippen LogP contribution in [0, 0.1) is 19.3 Å². The quantitative estimate of drug-likeness (QED) is 0.897. The number of nitrogens with one attached hydrogen (secondary N) is 1. The van der Waals surface area contributed by atoms with Crippen LogP contribution in [0.1, 0.15) is 60.9 Å². The Morgan fingerprint density at radius 1 is 1.22 bits per heavy atom. The Labute approximate surface area is 146 Å². The number of nitrogens with zero attached hydrogens (tertiary/aromatic N) is 2. The van der Waals surface area contributed by atoms with Crippen LogP contribution in [0.2, 0.25) is 0 Å².